The van der Waals surface area contributed by atoms with E-state index in [9.17, 15) is 4.79 Å². The van der Waals surface area contributed by atoms with Crippen LogP contribution in [0.4, 0.5) is 0 Å². The molecule has 0 bridgehead atoms. The molecule has 142 valence electrons. The van der Waals surface area contributed by atoms with E-state index in [2.05, 4.69) is 53.5 Å². The molecule has 0 aliphatic carbocycles. The van der Waals surface area contributed by atoms with Crippen molar-refractivity contribution >= 4 is 17.7 Å². The van der Waals surface area contributed by atoms with E-state index in [1.165, 1.54) is 47.5 Å². The second-order valence-electron chi connectivity index (χ2n) is 7.91. The average molecular weight is 381 g/mol. The quantitative estimate of drug-likeness (QED) is 0.841. The predicted octanol–water partition coefficient (Wildman–Crippen LogP) is 4.25. The Hall–Kier alpha value is -1.78. The van der Waals surface area contributed by atoms with Crippen molar-refractivity contribution < 1.29 is 4.79 Å². The number of nitrogens with zero attached hydrogens (tertiary/aromatic N) is 1. The Kier molecular flexibility index (Phi) is 5.84. The molecule has 3 nitrogen and oxygen atoms in total. The standard InChI is InChI=1S/C23H28N2OS/c1-17-10-12-25(13-11-17)16-19-8-6-18(7-9-19)15-24-23(26)22-14-20-4-2-3-5-21(20)27-22/h2-9,17,22H,10-16H2,1H3,(H,24,26)/t22-/m0/s1. The van der Waals surface area contributed by atoms with Gasteiger partial charge in [0.1, 0.15) is 0 Å². The van der Waals surface area contributed by atoms with E-state index >= 15 is 0 Å². The molecule has 2 aromatic carbocycles. The summed E-state index contributed by atoms with van der Waals surface area (Å²) in [5.74, 6) is 1.01. The molecule has 2 aliphatic heterocycles. The maximum absolute atomic E-state index is 12.5. The normalized spacial score (nSPS) is 20.4. The van der Waals surface area contributed by atoms with Crippen LogP contribution < -0.4 is 5.32 Å². The van der Waals surface area contributed by atoms with Gasteiger partial charge in [0, 0.05) is 18.0 Å². The molecule has 0 aromatic heterocycles. The molecule has 27 heavy (non-hydrogen) atoms. The molecule has 1 N–H and O–H groups in total. The van der Waals surface area contributed by atoms with E-state index in [1.807, 2.05) is 12.1 Å². The van der Waals surface area contributed by atoms with Crippen LogP contribution in [0.3, 0.4) is 0 Å². The summed E-state index contributed by atoms with van der Waals surface area (Å²) >= 11 is 1.68. The Morgan fingerprint density at radius 1 is 1.07 bits per heavy atom. The molecular weight excluding hydrogens is 352 g/mol. The van der Waals surface area contributed by atoms with Crippen molar-refractivity contribution in [2.75, 3.05) is 13.1 Å². The first-order valence-electron chi connectivity index (χ1n) is 10.00. The Bertz CT molecular complexity index is 756. The molecule has 1 saturated heterocycles. The van der Waals surface area contributed by atoms with E-state index < -0.39 is 0 Å². The predicted molar refractivity (Wildman–Crippen MR) is 112 cm³/mol. The number of likely N-dealkylation sites (tertiary alicyclic amines) is 1. The van der Waals surface area contributed by atoms with Crippen molar-refractivity contribution in [2.45, 2.75) is 49.4 Å². The monoisotopic (exact) mass is 380 g/mol. The zero-order chi connectivity index (χ0) is 18.6. The average Bonchev–Trinajstić information content (AvgIpc) is 3.13. The smallest absolute Gasteiger partial charge is 0.234 e. The summed E-state index contributed by atoms with van der Waals surface area (Å²) in [6.45, 7) is 6.41. The van der Waals surface area contributed by atoms with Crippen LogP contribution in [0.2, 0.25) is 0 Å². The van der Waals surface area contributed by atoms with Gasteiger partial charge < -0.3 is 5.32 Å². The number of thioether (sulfide) groups is 1. The van der Waals surface area contributed by atoms with Gasteiger partial charge in [-0.25, -0.2) is 0 Å². The summed E-state index contributed by atoms with van der Waals surface area (Å²) in [7, 11) is 0. The fourth-order valence-corrected chi connectivity index (χ4v) is 5.09. The lowest BCUT2D eigenvalue weighted by molar-refractivity contribution is -0.120. The van der Waals surface area contributed by atoms with Crippen LogP contribution in [0.15, 0.2) is 53.4 Å². The first kappa shape index (κ1) is 18.6. The van der Waals surface area contributed by atoms with E-state index in [4.69, 9.17) is 0 Å². The topological polar surface area (TPSA) is 32.3 Å². The maximum Gasteiger partial charge on any atom is 0.234 e. The van der Waals surface area contributed by atoms with Crippen LogP contribution in [0.5, 0.6) is 0 Å². The number of carbonyl (C=O) groups is 1. The summed E-state index contributed by atoms with van der Waals surface area (Å²) in [5, 5.41) is 3.11. The van der Waals surface area contributed by atoms with Gasteiger partial charge in [0.25, 0.3) is 0 Å². The minimum Gasteiger partial charge on any atom is -0.351 e. The first-order valence-corrected chi connectivity index (χ1v) is 10.9. The van der Waals surface area contributed by atoms with Gasteiger partial charge in [-0.05, 0) is 61.0 Å². The summed E-state index contributed by atoms with van der Waals surface area (Å²) in [4.78, 5) is 16.3. The van der Waals surface area contributed by atoms with E-state index in [0.29, 0.717) is 6.54 Å². The number of hydrogen-bond acceptors (Lipinski definition) is 3. The highest BCUT2D eigenvalue weighted by Gasteiger charge is 2.27. The number of hydrogen-bond donors (Lipinski definition) is 1. The molecule has 4 heteroatoms. The van der Waals surface area contributed by atoms with E-state index in [1.54, 1.807) is 11.8 Å². The van der Waals surface area contributed by atoms with Crippen LogP contribution in [0.25, 0.3) is 0 Å². The van der Waals surface area contributed by atoms with Gasteiger partial charge in [-0.3, -0.25) is 9.69 Å². The molecule has 2 heterocycles. The molecular formula is C23H28N2OS. The molecule has 0 unspecified atom stereocenters. The van der Waals surface area contributed by atoms with Gasteiger partial charge in [-0.2, -0.15) is 0 Å². The molecule has 2 aliphatic rings. The largest absolute Gasteiger partial charge is 0.351 e. The third-order valence-electron chi connectivity index (χ3n) is 5.71. The van der Waals surface area contributed by atoms with Crippen molar-refractivity contribution in [3.63, 3.8) is 0 Å². The Morgan fingerprint density at radius 3 is 2.52 bits per heavy atom. The van der Waals surface area contributed by atoms with Crippen LogP contribution >= 0.6 is 11.8 Å². The third kappa shape index (κ3) is 4.74. The van der Waals surface area contributed by atoms with Crippen LogP contribution in [-0.2, 0) is 24.3 Å². The van der Waals surface area contributed by atoms with Crippen molar-refractivity contribution in [3.05, 3.63) is 65.2 Å². The number of fused-ring (bicyclic) bond motifs is 1. The Morgan fingerprint density at radius 2 is 1.78 bits per heavy atom. The number of amides is 1. The van der Waals surface area contributed by atoms with Crippen molar-refractivity contribution in [3.8, 4) is 0 Å². The van der Waals surface area contributed by atoms with E-state index in [0.717, 1.165) is 18.9 Å². The Labute approximate surface area is 166 Å². The number of piperidine rings is 1. The van der Waals surface area contributed by atoms with Crippen molar-refractivity contribution in [1.82, 2.24) is 10.2 Å². The number of benzene rings is 2. The summed E-state index contributed by atoms with van der Waals surface area (Å²) in [6.07, 6.45) is 3.46. The summed E-state index contributed by atoms with van der Waals surface area (Å²) < 4.78 is 0. The van der Waals surface area contributed by atoms with Gasteiger partial charge in [0.2, 0.25) is 5.91 Å². The van der Waals surface area contributed by atoms with Gasteiger partial charge in [0.05, 0.1) is 5.25 Å². The van der Waals surface area contributed by atoms with Gasteiger partial charge in [-0.1, -0.05) is 49.4 Å². The molecule has 0 radical (unpaired) electrons. The first-order chi connectivity index (χ1) is 13.2. The van der Waals surface area contributed by atoms with E-state index in [-0.39, 0.29) is 11.2 Å². The minimum atomic E-state index is 0.00293. The minimum absolute atomic E-state index is 0.00293. The highest BCUT2D eigenvalue weighted by molar-refractivity contribution is 8.01. The van der Waals surface area contributed by atoms with Gasteiger partial charge in [0.15, 0.2) is 0 Å². The molecule has 1 atom stereocenters. The van der Waals surface area contributed by atoms with Gasteiger partial charge in [-0.15, -0.1) is 11.8 Å². The van der Waals surface area contributed by atoms with Crippen LogP contribution in [0, 0.1) is 5.92 Å². The molecule has 2 aromatic rings. The lowest BCUT2D eigenvalue weighted by Crippen LogP contribution is -2.32. The molecule has 0 spiro atoms. The SMILES string of the molecule is CC1CCN(Cc2ccc(CNC(=O)[C@@H]3Cc4ccccc4S3)cc2)CC1. The fraction of sp³-hybridized carbons (Fsp3) is 0.435. The number of nitrogens with one attached hydrogen (secondary N) is 1. The fourth-order valence-electron chi connectivity index (χ4n) is 3.87. The summed E-state index contributed by atoms with van der Waals surface area (Å²) in [6, 6.07) is 17.0. The number of rotatable bonds is 5. The highest BCUT2D eigenvalue weighted by atomic mass is 32.2. The van der Waals surface area contributed by atoms with Crippen molar-refractivity contribution in [2.24, 2.45) is 5.92 Å². The lowest BCUT2D eigenvalue weighted by Gasteiger charge is -2.30. The van der Waals surface area contributed by atoms with Crippen LogP contribution in [-0.4, -0.2) is 29.1 Å². The zero-order valence-corrected chi connectivity index (χ0v) is 16.8. The third-order valence-corrected chi connectivity index (χ3v) is 7.03. The molecule has 1 amide bonds. The van der Waals surface area contributed by atoms with Crippen LogP contribution in [0.1, 0.15) is 36.5 Å². The second kappa shape index (κ2) is 8.49. The molecule has 1 fully saturated rings. The maximum atomic E-state index is 12.5. The lowest BCUT2D eigenvalue weighted by atomic mass is 9.99. The zero-order valence-electron chi connectivity index (χ0n) is 16.0. The number of carbonyl (C=O) groups excluding carboxylic acids is 1. The second-order valence-corrected chi connectivity index (χ2v) is 9.16. The summed E-state index contributed by atoms with van der Waals surface area (Å²) in [5.41, 5.74) is 3.82. The van der Waals surface area contributed by atoms with Gasteiger partial charge >= 0.3 is 0 Å². The Balaban J connectivity index is 1.25. The molecule has 4 rings (SSSR count). The highest BCUT2D eigenvalue weighted by Crippen LogP contribution is 2.36. The molecule has 0 saturated carbocycles. The van der Waals surface area contributed by atoms with Crippen molar-refractivity contribution in [1.29, 1.82) is 0 Å².